The fourth-order valence-electron chi connectivity index (χ4n) is 2.38. The van der Waals surface area contributed by atoms with Gasteiger partial charge in [0.15, 0.2) is 0 Å². The van der Waals surface area contributed by atoms with Gasteiger partial charge in [0, 0.05) is 18.4 Å². The Kier molecular flexibility index (Phi) is 3.62. The van der Waals surface area contributed by atoms with Gasteiger partial charge in [-0.25, -0.2) is 4.68 Å². The van der Waals surface area contributed by atoms with E-state index in [2.05, 4.69) is 5.10 Å². The molecular formula is C15H18N2O2. The minimum absolute atomic E-state index is 0.0788. The molecule has 1 aromatic carbocycles. The number of rotatable bonds is 3. The van der Waals surface area contributed by atoms with Crippen molar-refractivity contribution in [2.24, 2.45) is 0 Å². The van der Waals surface area contributed by atoms with Crippen LogP contribution in [-0.4, -0.2) is 21.5 Å². The molecule has 2 aromatic rings. The number of nitrogens with zero attached hydrogens (tertiary/aromatic N) is 2. The van der Waals surface area contributed by atoms with Crippen LogP contribution in [0.5, 0.6) is 0 Å². The molecule has 1 saturated heterocycles. The fraction of sp³-hybridized carbons (Fsp3) is 0.400. The van der Waals surface area contributed by atoms with Crippen LogP contribution in [0, 0.1) is 0 Å². The molecule has 0 spiro atoms. The Morgan fingerprint density at radius 3 is 2.74 bits per heavy atom. The van der Waals surface area contributed by atoms with E-state index in [0.29, 0.717) is 0 Å². The van der Waals surface area contributed by atoms with Crippen molar-refractivity contribution in [3.8, 4) is 11.1 Å². The van der Waals surface area contributed by atoms with Crippen molar-refractivity contribution in [3.05, 3.63) is 42.2 Å². The average molecular weight is 258 g/mol. The number of benzene rings is 1. The lowest BCUT2D eigenvalue weighted by atomic mass is 10.1. The monoisotopic (exact) mass is 258 g/mol. The first-order chi connectivity index (χ1) is 9.36. The van der Waals surface area contributed by atoms with E-state index in [1.165, 1.54) is 6.42 Å². The van der Waals surface area contributed by atoms with Crippen LogP contribution in [0.1, 0.15) is 31.1 Å². The number of ether oxygens (including phenoxy) is 1. The van der Waals surface area contributed by atoms with Crippen molar-refractivity contribution in [3.63, 3.8) is 0 Å². The normalized spacial score (nSPS) is 19.5. The summed E-state index contributed by atoms with van der Waals surface area (Å²) in [5.74, 6) is 0. The third-order valence-corrected chi connectivity index (χ3v) is 3.52. The van der Waals surface area contributed by atoms with Crippen molar-refractivity contribution in [2.75, 3.05) is 6.61 Å². The van der Waals surface area contributed by atoms with E-state index in [0.717, 1.165) is 36.1 Å². The third-order valence-electron chi connectivity index (χ3n) is 3.52. The average Bonchev–Trinajstić information content (AvgIpc) is 2.98. The van der Waals surface area contributed by atoms with Crippen LogP contribution < -0.4 is 0 Å². The zero-order chi connectivity index (χ0) is 13.1. The second-order valence-electron chi connectivity index (χ2n) is 4.89. The number of aliphatic hydroxyl groups is 1. The molecule has 0 amide bonds. The van der Waals surface area contributed by atoms with E-state index in [1.807, 2.05) is 41.3 Å². The van der Waals surface area contributed by atoms with Gasteiger partial charge in [-0.05, 0) is 30.4 Å². The van der Waals surface area contributed by atoms with Crippen molar-refractivity contribution in [2.45, 2.75) is 32.1 Å². The zero-order valence-corrected chi connectivity index (χ0v) is 10.8. The smallest absolute Gasteiger partial charge is 0.150 e. The summed E-state index contributed by atoms with van der Waals surface area (Å²) < 4.78 is 7.63. The molecule has 4 nitrogen and oxygen atoms in total. The zero-order valence-electron chi connectivity index (χ0n) is 10.8. The molecule has 3 rings (SSSR count). The summed E-state index contributed by atoms with van der Waals surface area (Å²) in [5, 5.41) is 13.4. The van der Waals surface area contributed by atoms with Crippen LogP contribution >= 0.6 is 0 Å². The van der Waals surface area contributed by atoms with Gasteiger partial charge in [0.1, 0.15) is 6.23 Å². The number of aliphatic hydroxyl groups excluding tert-OH is 1. The second kappa shape index (κ2) is 5.55. The summed E-state index contributed by atoms with van der Waals surface area (Å²) in [5.41, 5.74) is 3.12. The molecule has 1 aromatic heterocycles. The van der Waals surface area contributed by atoms with Crippen LogP contribution in [0.15, 0.2) is 36.7 Å². The predicted octanol–water partition coefficient (Wildman–Crippen LogP) is 2.74. The standard InChI is InChI=1S/C15H18N2O2/c18-11-12-4-6-13(7-5-12)14-9-16-17(10-14)15-3-1-2-8-19-15/h4-7,9-10,15,18H,1-3,8,11H2/t15-/m0/s1. The molecule has 1 fully saturated rings. The van der Waals surface area contributed by atoms with Gasteiger partial charge < -0.3 is 9.84 Å². The molecule has 0 saturated carbocycles. The van der Waals surface area contributed by atoms with Gasteiger partial charge in [-0.3, -0.25) is 0 Å². The molecule has 4 heteroatoms. The topological polar surface area (TPSA) is 47.3 Å². The maximum absolute atomic E-state index is 9.04. The SMILES string of the molecule is OCc1ccc(-c2cnn([C@@H]3CCCCO3)c2)cc1. The highest BCUT2D eigenvalue weighted by Gasteiger charge is 2.16. The van der Waals surface area contributed by atoms with Crippen molar-refractivity contribution in [1.82, 2.24) is 9.78 Å². The highest BCUT2D eigenvalue weighted by Crippen LogP contribution is 2.25. The molecule has 0 unspecified atom stereocenters. The summed E-state index contributed by atoms with van der Waals surface area (Å²) >= 11 is 0. The number of hydrogen-bond donors (Lipinski definition) is 1. The van der Waals surface area contributed by atoms with Crippen LogP contribution in [0.25, 0.3) is 11.1 Å². The van der Waals surface area contributed by atoms with Crippen LogP contribution in [-0.2, 0) is 11.3 Å². The Morgan fingerprint density at radius 1 is 1.21 bits per heavy atom. The van der Waals surface area contributed by atoms with Crippen LogP contribution in [0.3, 0.4) is 0 Å². The predicted molar refractivity (Wildman–Crippen MR) is 72.4 cm³/mol. The van der Waals surface area contributed by atoms with Crippen LogP contribution in [0.4, 0.5) is 0 Å². The fourth-order valence-corrected chi connectivity index (χ4v) is 2.38. The highest BCUT2D eigenvalue weighted by molar-refractivity contribution is 5.61. The van der Waals surface area contributed by atoms with E-state index >= 15 is 0 Å². The van der Waals surface area contributed by atoms with Gasteiger partial charge in [-0.1, -0.05) is 24.3 Å². The van der Waals surface area contributed by atoms with E-state index in [4.69, 9.17) is 9.84 Å². The van der Waals surface area contributed by atoms with E-state index < -0.39 is 0 Å². The lowest BCUT2D eigenvalue weighted by Crippen LogP contribution is -2.18. The largest absolute Gasteiger partial charge is 0.392 e. The van der Waals surface area contributed by atoms with Gasteiger partial charge >= 0.3 is 0 Å². The molecular weight excluding hydrogens is 240 g/mol. The van der Waals surface area contributed by atoms with Crippen molar-refractivity contribution < 1.29 is 9.84 Å². The van der Waals surface area contributed by atoms with E-state index in [-0.39, 0.29) is 12.8 Å². The molecule has 1 N–H and O–H groups in total. The lowest BCUT2D eigenvalue weighted by molar-refractivity contribution is -0.0394. The Bertz CT molecular complexity index is 527. The molecule has 1 aliphatic heterocycles. The van der Waals surface area contributed by atoms with Gasteiger partial charge in [-0.2, -0.15) is 5.10 Å². The van der Waals surface area contributed by atoms with Gasteiger partial charge in [0.2, 0.25) is 0 Å². The maximum Gasteiger partial charge on any atom is 0.150 e. The Labute approximate surface area is 112 Å². The number of aromatic nitrogens is 2. The minimum Gasteiger partial charge on any atom is -0.392 e. The summed E-state index contributed by atoms with van der Waals surface area (Å²) in [4.78, 5) is 0. The third kappa shape index (κ3) is 2.69. The molecule has 100 valence electrons. The summed E-state index contributed by atoms with van der Waals surface area (Å²) in [6.07, 6.45) is 7.36. The molecule has 19 heavy (non-hydrogen) atoms. The van der Waals surface area contributed by atoms with Crippen molar-refractivity contribution >= 4 is 0 Å². The Balaban J connectivity index is 1.79. The molecule has 1 aliphatic rings. The molecule has 1 atom stereocenters. The van der Waals surface area contributed by atoms with Crippen LogP contribution in [0.2, 0.25) is 0 Å². The van der Waals surface area contributed by atoms with Gasteiger partial charge in [0.25, 0.3) is 0 Å². The molecule has 0 aliphatic carbocycles. The van der Waals surface area contributed by atoms with E-state index in [1.54, 1.807) is 0 Å². The van der Waals surface area contributed by atoms with Gasteiger partial charge in [0.05, 0.1) is 12.8 Å². The first-order valence-electron chi connectivity index (χ1n) is 6.73. The highest BCUT2D eigenvalue weighted by atomic mass is 16.5. The van der Waals surface area contributed by atoms with E-state index in [9.17, 15) is 0 Å². The second-order valence-corrected chi connectivity index (χ2v) is 4.89. The lowest BCUT2D eigenvalue weighted by Gasteiger charge is -2.22. The Hall–Kier alpha value is -1.65. The van der Waals surface area contributed by atoms with Gasteiger partial charge in [-0.15, -0.1) is 0 Å². The summed E-state index contributed by atoms with van der Waals surface area (Å²) in [6, 6.07) is 7.89. The quantitative estimate of drug-likeness (QED) is 0.920. The molecule has 0 radical (unpaired) electrons. The first kappa shape index (κ1) is 12.4. The Morgan fingerprint density at radius 2 is 2.05 bits per heavy atom. The number of hydrogen-bond acceptors (Lipinski definition) is 3. The molecule has 2 heterocycles. The minimum atomic E-state index is 0.0788. The first-order valence-corrected chi connectivity index (χ1v) is 6.73. The summed E-state index contributed by atoms with van der Waals surface area (Å²) in [6.45, 7) is 0.903. The maximum atomic E-state index is 9.04. The summed E-state index contributed by atoms with van der Waals surface area (Å²) in [7, 11) is 0. The van der Waals surface area contributed by atoms with Crippen molar-refractivity contribution in [1.29, 1.82) is 0 Å². The molecule has 0 bridgehead atoms.